The summed E-state index contributed by atoms with van der Waals surface area (Å²) in [6, 6.07) is 7.32. The van der Waals surface area contributed by atoms with Gasteiger partial charge >= 0.3 is 0 Å². The van der Waals surface area contributed by atoms with Gasteiger partial charge in [-0.25, -0.2) is 4.98 Å². The Labute approximate surface area is 141 Å². The van der Waals surface area contributed by atoms with Crippen molar-refractivity contribution in [1.29, 1.82) is 0 Å². The number of hydrogen-bond donors (Lipinski definition) is 1. The first kappa shape index (κ1) is 16.2. The first-order valence-electron chi connectivity index (χ1n) is 8.11. The largest absolute Gasteiger partial charge is 0.363 e. The Hall–Kier alpha value is -2.63. The van der Waals surface area contributed by atoms with Crippen molar-refractivity contribution in [2.75, 3.05) is 25.5 Å². The van der Waals surface area contributed by atoms with E-state index in [4.69, 9.17) is 0 Å². The van der Waals surface area contributed by atoms with Crippen molar-refractivity contribution in [2.24, 2.45) is 0 Å². The molecule has 1 atom stereocenters. The van der Waals surface area contributed by atoms with E-state index in [1.807, 2.05) is 31.1 Å². The highest BCUT2D eigenvalue weighted by Crippen LogP contribution is 2.33. The third-order valence-corrected chi connectivity index (χ3v) is 4.41. The highest BCUT2D eigenvalue weighted by Gasteiger charge is 2.32. The second kappa shape index (κ2) is 6.47. The summed E-state index contributed by atoms with van der Waals surface area (Å²) in [5, 5.41) is 0. The van der Waals surface area contributed by atoms with E-state index in [-0.39, 0.29) is 23.1 Å². The lowest BCUT2D eigenvalue weighted by molar-refractivity contribution is 0.0734. The van der Waals surface area contributed by atoms with Crippen molar-refractivity contribution in [3.63, 3.8) is 0 Å². The maximum absolute atomic E-state index is 12.9. The molecule has 2 aromatic heterocycles. The standard InChI is InChI=1S/C18H22N4O2/c1-12-6-7-14(17(23)20-12)18(24)22-10-4-5-15(22)13-8-9-19-16(11-13)21(2)3/h6-9,11,15H,4-5,10H2,1-3H3,(H,20,23)/t15-/m0/s1. The quantitative estimate of drug-likeness (QED) is 0.938. The minimum absolute atomic E-state index is 0.0140. The Bertz CT molecular complexity index is 813. The Kier molecular flexibility index (Phi) is 4.38. The molecule has 1 N–H and O–H groups in total. The van der Waals surface area contributed by atoms with Crippen molar-refractivity contribution in [3.8, 4) is 0 Å². The molecule has 1 amide bonds. The maximum atomic E-state index is 12.9. The Morgan fingerprint density at radius 2 is 2.12 bits per heavy atom. The van der Waals surface area contributed by atoms with Crippen LogP contribution < -0.4 is 10.5 Å². The van der Waals surface area contributed by atoms with E-state index < -0.39 is 0 Å². The minimum atomic E-state index is -0.325. The normalized spacial score (nSPS) is 17.1. The molecule has 1 aliphatic rings. The van der Waals surface area contributed by atoms with Crippen molar-refractivity contribution in [3.05, 3.63) is 57.6 Å². The fraction of sp³-hybridized carbons (Fsp3) is 0.389. The van der Waals surface area contributed by atoms with Crippen LogP contribution in [0.3, 0.4) is 0 Å². The van der Waals surface area contributed by atoms with E-state index in [1.54, 1.807) is 30.2 Å². The van der Waals surface area contributed by atoms with Gasteiger partial charge in [0.15, 0.2) is 0 Å². The Balaban J connectivity index is 1.92. The van der Waals surface area contributed by atoms with Gasteiger partial charge in [-0.05, 0) is 49.6 Å². The van der Waals surface area contributed by atoms with Crippen LogP contribution >= 0.6 is 0 Å². The number of carbonyl (C=O) groups is 1. The molecule has 0 bridgehead atoms. The van der Waals surface area contributed by atoms with E-state index in [2.05, 4.69) is 9.97 Å². The molecule has 1 aliphatic heterocycles. The SMILES string of the molecule is Cc1ccc(C(=O)N2CCC[C@H]2c2ccnc(N(C)C)c2)c(=O)[nH]1. The maximum Gasteiger partial charge on any atom is 0.260 e. The van der Waals surface area contributed by atoms with Crippen LogP contribution in [0.5, 0.6) is 0 Å². The Morgan fingerprint density at radius 1 is 1.33 bits per heavy atom. The van der Waals surface area contributed by atoms with E-state index in [1.165, 1.54) is 0 Å². The van der Waals surface area contributed by atoms with Gasteiger partial charge in [0.2, 0.25) is 0 Å². The zero-order chi connectivity index (χ0) is 17.3. The number of likely N-dealkylation sites (tertiary alicyclic amines) is 1. The number of nitrogens with one attached hydrogen (secondary N) is 1. The van der Waals surface area contributed by atoms with Crippen molar-refractivity contribution < 1.29 is 4.79 Å². The second-order valence-corrected chi connectivity index (χ2v) is 6.38. The number of rotatable bonds is 3. The number of amides is 1. The molecule has 0 aromatic carbocycles. The summed E-state index contributed by atoms with van der Waals surface area (Å²) in [5.74, 6) is 0.655. The summed E-state index contributed by atoms with van der Waals surface area (Å²) >= 11 is 0. The van der Waals surface area contributed by atoms with Gasteiger partial charge in [-0.1, -0.05) is 0 Å². The molecule has 0 unspecified atom stereocenters. The molecular formula is C18H22N4O2. The van der Waals surface area contributed by atoms with Crippen LogP contribution in [0.1, 0.15) is 40.5 Å². The van der Waals surface area contributed by atoms with Gasteiger partial charge < -0.3 is 14.8 Å². The summed E-state index contributed by atoms with van der Waals surface area (Å²) < 4.78 is 0. The Morgan fingerprint density at radius 3 is 2.83 bits per heavy atom. The van der Waals surface area contributed by atoms with Crippen molar-refractivity contribution in [2.45, 2.75) is 25.8 Å². The highest BCUT2D eigenvalue weighted by atomic mass is 16.2. The smallest absolute Gasteiger partial charge is 0.260 e. The number of aryl methyl sites for hydroxylation is 1. The highest BCUT2D eigenvalue weighted by molar-refractivity contribution is 5.94. The number of pyridine rings is 2. The van der Waals surface area contributed by atoms with Crippen molar-refractivity contribution >= 4 is 11.7 Å². The lowest BCUT2D eigenvalue weighted by atomic mass is 10.0. The lowest BCUT2D eigenvalue weighted by Crippen LogP contribution is -2.34. The number of carbonyl (C=O) groups excluding carboxylic acids is 1. The summed E-state index contributed by atoms with van der Waals surface area (Å²) in [7, 11) is 3.88. The molecule has 3 heterocycles. The average Bonchev–Trinajstić information content (AvgIpc) is 3.04. The number of anilines is 1. The summed E-state index contributed by atoms with van der Waals surface area (Å²) in [5.41, 5.74) is 1.69. The van der Waals surface area contributed by atoms with Crippen LogP contribution in [0.4, 0.5) is 5.82 Å². The topological polar surface area (TPSA) is 69.3 Å². The summed E-state index contributed by atoms with van der Waals surface area (Å²) in [6.07, 6.45) is 3.59. The molecule has 0 saturated carbocycles. The van der Waals surface area contributed by atoms with Crippen LogP contribution in [0, 0.1) is 6.92 Å². The molecule has 0 aliphatic carbocycles. The monoisotopic (exact) mass is 326 g/mol. The molecule has 6 heteroatoms. The van der Waals surface area contributed by atoms with Gasteiger partial charge in [0.25, 0.3) is 11.5 Å². The van der Waals surface area contributed by atoms with E-state index in [0.717, 1.165) is 29.9 Å². The second-order valence-electron chi connectivity index (χ2n) is 6.38. The average molecular weight is 326 g/mol. The van der Waals surface area contributed by atoms with Gasteiger partial charge in [-0.3, -0.25) is 9.59 Å². The fourth-order valence-electron chi connectivity index (χ4n) is 3.14. The number of hydrogen-bond acceptors (Lipinski definition) is 4. The zero-order valence-electron chi connectivity index (χ0n) is 14.2. The molecule has 6 nitrogen and oxygen atoms in total. The van der Waals surface area contributed by atoms with Crippen LogP contribution in [0.25, 0.3) is 0 Å². The summed E-state index contributed by atoms with van der Waals surface area (Å²) in [6.45, 7) is 2.46. The number of nitrogens with zero attached hydrogens (tertiary/aromatic N) is 3. The molecule has 126 valence electrons. The summed E-state index contributed by atoms with van der Waals surface area (Å²) in [4.78, 5) is 35.7. The molecule has 1 fully saturated rings. The predicted octanol–water partition coefficient (Wildman–Crippen LogP) is 2.12. The third-order valence-electron chi connectivity index (χ3n) is 4.41. The zero-order valence-corrected chi connectivity index (χ0v) is 14.2. The van der Waals surface area contributed by atoms with Crippen LogP contribution in [0.2, 0.25) is 0 Å². The number of aromatic amines is 1. The number of H-pyrrole nitrogens is 1. The molecule has 3 rings (SSSR count). The van der Waals surface area contributed by atoms with E-state index >= 15 is 0 Å². The van der Waals surface area contributed by atoms with E-state index in [0.29, 0.717) is 6.54 Å². The predicted molar refractivity (Wildman–Crippen MR) is 93.4 cm³/mol. The first-order chi connectivity index (χ1) is 11.5. The van der Waals surface area contributed by atoms with Gasteiger partial charge in [0, 0.05) is 32.5 Å². The van der Waals surface area contributed by atoms with Gasteiger partial charge in [-0.2, -0.15) is 0 Å². The van der Waals surface area contributed by atoms with Gasteiger partial charge in [-0.15, -0.1) is 0 Å². The van der Waals surface area contributed by atoms with Gasteiger partial charge in [0.1, 0.15) is 11.4 Å². The van der Waals surface area contributed by atoms with Crippen LogP contribution in [-0.4, -0.2) is 41.4 Å². The number of aromatic nitrogens is 2. The molecule has 0 radical (unpaired) electrons. The first-order valence-corrected chi connectivity index (χ1v) is 8.11. The minimum Gasteiger partial charge on any atom is -0.363 e. The third kappa shape index (κ3) is 3.04. The fourth-order valence-corrected chi connectivity index (χ4v) is 3.14. The molecule has 0 spiro atoms. The molecule has 1 saturated heterocycles. The van der Waals surface area contributed by atoms with Crippen LogP contribution in [0.15, 0.2) is 35.3 Å². The van der Waals surface area contributed by atoms with Crippen LogP contribution in [-0.2, 0) is 0 Å². The molecule has 2 aromatic rings. The van der Waals surface area contributed by atoms with Gasteiger partial charge in [0.05, 0.1) is 6.04 Å². The van der Waals surface area contributed by atoms with Crippen molar-refractivity contribution in [1.82, 2.24) is 14.9 Å². The molecular weight excluding hydrogens is 304 g/mol. The lowest BCUT2D eigenvalue weighted by Gasteiger charge is -2.25. The molecule has 24 heavy (non-hydrogen) atoms. The van der Waals surface area contributed by atoms with E-state index in [9.17, 15) is 9.59 Å².